The zero-order valence-electron chi connectivity index (χ0n) is 8.38. The third-order valence-corrected chi connectivity index (χ3v) is 2.37. The van der Waals surface area contributed by atoms with Gasteiger partial charge in [0, 0.05) is 10.9 Å². The zero-order chi connectivity index (χ0) is 12.6. The molecular weight excluding hydrogens is 236 g/mol. The molecule has 1 nitrogen and oxygen atoms in total. The van der Waals surface area contributed by atoms with E-state index in [0.717, 1.165) is 12.1 Å². The first-order valence-electron chi connectivity index (χ1n) is 4.70. The molecule has 0 spiro atoms. The molecule has 0 bridgehead atoms. The van der Waals surface area contributed by atoms with Crippen molar-refractivity contribution in [1.82, 2.24) is 0 Å². The van der Waals surface area contributed by atoms with Crippen molar-refractivity contribution < 1.29 is 22.4 Å². The highest BCUT2D eigenvalue weighted by Gasteiger charge is 2.40. The molecule has 0 unspecified atom stereocenters. The van der Waals surface area contributed by atoms with Gasteiger partial charge in [-0.3, -0.25) is 4.79 Å². The van der Waals surface area contributed by atoms with Gasteiger partial charge in [-0.15, -0.1) is 0 Å². The second-order valence-corrected chi connectivity index (χ2v) is 3.47. The van der Waals surface area contributed by atoms with Gasteiger partial charge in [-0.05, 0) is 17.5 Å². The number of alkyl halides is 3. The molecule has 0 saturated heterocycles. The Morgan fingerprint density at radius 1 is 0.941 bits per heavy atom. The number of carbonyl (C=O) groups excluding carboxylic acids is 1. The maximum absolute atomic E-state index is 13.3. The van der Waals surface area contributed by atoms with Gasteiger partial charge in [-0.1, -0.05) is 24.3 Å². The van der Waals surface area contributed by atoms with Crippen LogP contribution >= 0.6 is 0 Å². The summed E-state index contributed by atoms with van der Waals surface area (Å²) in [5, 5.41) is -0.0302. The van der Waals surface area contributed by atoms with Crippen LogP contribution in [0.1, 0.15) is 10.4 Å². The van der Waals surface area contributed by atoms with Crippen LogP contribution in [-0.2, 0) is 0 Å². The molecule has 0 radical (unpaired) electrons. The van der Waals surface area contributed by atoms with Gasteiger partial charge < -0.3 is 0 Å². The lowest BCUT2D eigenvalue weighted by Gasteiger charge is -2.08. The summed E-state index contributed by atoms with van der Waals surface area (Å²) in [6, 6.07) is 7.28. The third-order valence-electron chi connectivity index (χ3n) is 2.37. The minimum Gasteiger partial charge on any atom is -0.284 e. The lowest BCUT2D eigenvalue weighted by Crippen LogP contribution is -2.23. The first-order valence-corrected chi connectivity index (χ1v) is 4.70. The minimum absolute atomic E-state index is 0.00241. The van der Waals surface area contributed by atoms with E-state index in [9.17, 15) is 22.4 Å². The van der Waals surface area contributed by atoms with Gasteiger partial charge in [0.05, 0.1) is 0 Å². The number of ketones is 1. The van der Waals surface area contributed by atoms with E-state index in [1.54, 1.807) is 0 Å². The largest absolute Gasteiger partial charge is 0.454 e. The Morgan fingerprint density at radius 2 is 1.53 bits per heavy atom. The molecule has 0 aliphatic rings. The number of hydrogen-bond acceptors (Lipinski definition) is 1. The summed E-state index contributed by atoms with van der Waals surface area (Å²) in [6.07, 6.45) is -4.96. The second-order valence-electron chi connectivity index (χ2n) is 3.47. The quantitative estimate of drug-likeness (QED) is 0.550. The van der Waals surface area contributed by atoms with Crippen molar-refractivity contribution >= 4 is 16.6 Å². The van der Waals surface area contributed by atoms with E-state index >= 15 is 0 Å². The Bertz CT molecular complexity index is 587. The lowest BCUT2D eigenvalue weighted by atomic mass is 10.0. The van der Waals surface area contributed by atoms with Crippen molar-refractivity contribution in [3.05, 3.63) is 47.8 Å². The van der Waals surface area contributed by atoms with Crippen LogP contribution in [0.2, 0.25) is 0 Å². The second kappa shape index (κ2) is 3.84. The maximum atomic E-state index is 13.3. The number of fused-ring (bicyclic) bond motifs is 1. The summed E-state index contributed by atoms with van der Waals surface area (Å²) in [5.41, 5.74) is -0.533. The fourth-order valence-electron chi connectivity index (χ4n) is 1.61. The molecule has 0 aromatic heterocycles. The van der Waals surface area contributed by atoms with Crippen LogP contribution in [-0.4, -0.2) is 12.0 Å². The number of carbonyl (C=O) groups is 1. The van der Waals surface area contributed by atoms with Crippen LogP contribution in [0.15, 0.2) is 36.4 Å². The number of halogens is 4. The molecule has 2 aromatic carbocycles. The van der Waals surface area contributed by atoms with Gasteiger partial charge in [-0.25, -0.2) is 4.39 Å². The standard InChI is InChI=1S/C12H6F4O/c13-10-6-5-9(11(17)12(14,15)16)7-3-1-2-4-8(7)10/h1-6H. The van der Waals surface area contributed by atoms with E-state index < -0.39 is 23.3 Å². The Morgan fingerprint density at radius 3 is 2.12 bits per heavy atom. The van der Waals surface area contributed by atoms with Crippen molar-refractivity contribution in [3.63, 3.8) is 0 Å². The normalized spacial score (nSPS) is 11.8. The molecule has 0 aliphatic heterocycles. The van der Waals surface area contributed by atoms with Crippen LogP contribution in [0, 0.1) is 5.82 Å². The molecule has 0 aliphatic carbocycles. The molecule has 0 heterocycles. The van der Waals surface area contributed by atoms with Crippen LogP contribution in [0.25, 0.3) is 10.8 Å². The molecule has 0 fully saturated rings. The molecule has 0 saturated carbocycles. The predicted molar refractivity (Wildman–Crippen MR) is 54.3 cm³/mol. The fraction of sp³-hybridized carbons (Fsp3) is 0.0833. The minimum atomic E-state index is -4.96. The van der Waals surface area contributed by atoms with E-state index in [0.29, 0.717) is 0 Å². The Labute approximate surface area is 93.7 Å². The molecular formula is C12H6F4O. The van der Waals surface area contributed by atoms with Gasteiger partial charge >= 0.3 is 6.18 Å². The topological polar surface area (TPSA) is 17.1 Å². The summed E-state index contributed by atoms with van der Waals surface area (Å²) >= 11 is 0. The van der Waals surface area contributed by atoms with Crippen LogP contribution in [0.4, 0.5) is 17.6 Å². The lowest BCUT2D eigenvalue weighted by molar-refractivity contribution is -0.0884. The molecule has 0 atom stereocenters. The molecule has 17 heavy (non-hydrogen) atoms. The Kier molecular flexibility index (Phi) is 2.61. The van der Waals surface area contributed by atoms with E-state index in [2.05, 4.69) is 0 Å². The van der Waals surface area contributed by atoms with E-state index in [1.807, 2.05) is 0 Å². The van der Waals surface area contributed by atoms with Crippen molar-refractivity contribution in [2.75, 3.05) is 0 Å². The summed E-state index contributed by atoms with van der Waals surface area (Å²) in [6.45, 7) is 0. The highest BCUT2D eigenvalue weighted by molar-refractivity contribution is 6.10. The van der Waals surface area contributed by atoms with E-state index in [-0.39, 0.29) is 10.8 Å². The Balaban J connectivity index is 2.72. The molecule has 2 aromatic rings. The molecule has 88 valence electrons. The SMILES string of the molecule is O=C(c1ccc(F)c2ccccc12)C(F)(F)F. The van der Waals surface area contributed by atoms with Crippen molar-refractivity contribution in [2.24, 2.45) is 0 Å². The van der Waals surface area contributed by atoms with Crippen LogP contribution < -0.4 is 0 Å². The number of benzene rings is 2. The smallest absolute Gasteiger partial charge is 0.284 e. The van der Waals surface area contributed by atoms with Gasteiger partial charge in [0.25, 0.3) is 5.78 Å². The van der Waals surface area contributed by atoms with Gasteiger partial charge in [-0.2, -0.15) is 13.2 Å². The van der Waals surface area contributed by atoms with Crippen LogP contribution in [0.5, 0.6) is 0 Å². The van der Waals surface area contributed by atoms with Gasteiger partial charge in [0.15, 0.2) is 0 Å². The van der Waals surface area contributed by atoms with Crippen molar-refractivity contribution in [2.45, 2.75) is 6.18 Å². The average molecular weight is 242 g/mol. The summed E-state index contributed by atoms with van der Waals surface area (Å²) < 4.78 is 50.3. The van der Waals surface area contributed by atoms with E-state index in [1.165, 1.54) is 24.3 Å². The molecule has 2 rings (SSSR count). The summed E-state index contributed by atoms with van der Waals surface area (Å²) in [5.74, 6) is -2.62. The molecule has 0 amide bonds. The number of Topliss-reactive ketones (excluding diaryl/α,β-unsaturated/α-hetero) is 1. The van der Waals surface area contributed by atoms with Gasteiger partial charge in [0.1, 0.15) is 5.82 Å². The first kappa shape index (κ1) is 11.6. The number of hydrogen-bond donors (Lipinski definition) is 0. The zero-order valence-corrected chi connectivity index (χ0v) is 8.38. The maximum Gasteiger partial charge on any atom is 0.454 e. The highest BCUT2D eigenvalue weighted by Crippen LogP contribution is 2.28. The number of rotatable bonds is 1. The summed E-state index contributed by atoms with van der Waals surface area (Å²) in [4.78, 5) is 11.1. The molecule has 5 heteroatoms. The van der Waals surface area contributed by atoms with Crippen LogP contribution in [0.3, 0.4) is 0 Å². The van der Waals surface area contributed by atoms with Crippen molar-refractivity contribution in [1.29, 1.82) is 0 Å². The average Bonchev–Trinajstić information content (AvgIpc) is 2.28. The predicted octanol–water partition coefficient (Wildman–Crippen LogP) is 3.72. The fourth-order valence-corrected chi connectivity index (χ4v) is 1.61. The Hall–Kier alpha value is -1.91. The van der Waals surface area contributed by atoms with Crippen molar-refractivity contribution in [3.8, 4) is 0 Å². The highest BCUT2D eigenvalue weighted by atomic mass is 19.4. The van der Waals surface area contributed by atoms with E-state index in [4.69, 9.17) is 0 Å². The summed E-state index contributed by atoms with van der Waals surface area (Å²) in [7, 11) is 0. The monoisotopic (exact) mass is 242 g/mol. The first-order chi connectivity index (χ1) is 7.91. The van der Waals surface area contributed by atoms with Gasteiger partial charge in [0.2, 0.25) is 0 Å². The molecule has 0 N–H and O–H groups in total. The third kappa shape index (κ3) is 2.00.